The number of aromatic carboxylic acids is 1. The van der Waals surface area contributed by atoms with Crippen molar-refractivity contribution in [2.75, 3.05) is 4.90 Å². The Morgan fingerprint density at radius 1 is 1.08 bits per heavy atom. The number of nitro groups is 1. The minimum Gasteiger partial charge on any atom is -0.478 e. The molecule has 1 amide bonds. The van der Waals surface area contributed by atoms with E-state index in [9.17, 15) is 30.1 Å². The summed E-state index contributed by atoms with van der Waals surface area (Å²) < 4.78 is 5.49. The van der Waals surface area contributed by atoms with Gasteiger partial charge >= 0.3 is 12.1 Å². The van der Waals surface area contributed by atoms with Crippen LogP contribution in [-0.4, -0.2) is 27.7 Å². The Kier molecular flexibility index (Phi) is 7.39. The van der Waals surface area contributed by atoms with Crippen molar-refractivity contribution in [1.29, 1.82) is 5.26 Å². The molecule has 3 aromatic carbocycles. The third kappa shape index (κ3) is 5.67. The summed E-state index contributed by atoms with van der Waals surface area (Å²) in [6.07, 6.45) is -0.919. The van der Waals surface area contributed by atoms with Crippen LogP contribution in [0.25, 0.3) is 11.1 Å². The van der Waals surface area contributed by atoms with E-state index < -0.39 is 33.8 Å². The second kappa shape index (κ2) is 10.3. The first-order chi connectivity index (χ1) is 16.9. The summed E-state index contributed by atoms with van der Waals surface area (Å²) in [5.41, 5.74) is 0.636. The van der Waals surface area contributed by atoms with Crippen molar-refractivity contribution in [2.45, 2.75) is 39.8 Å². The molecular formula is C27H25N3O6. The van der Waals surface area contributed by atoms with Gasteiger partial charge in [0.15, 0.2) is 0 Å². The van der Waals surface area contributed by atoms with E-state index in [1.165, 1.54) is 19.1 Å². The molecule has 0 unspecified atom stereocenters. The zero-order chi connectivity index (χ0) is 26.6. The summed E-state index contributed by atoms with van der Waals surface area (Å²) in [6.45, 7) is 6.23. The SMILES string of the molecule is Cc1ccc(C(=O)O)c(N(Cc2ccc(-c3ccccc3C#N)cc2)C(=O)OC(C)(C)C)c1[N+](=O)[O-]. The summed E-state index contributed by atoms with van der Waals surface area (Å²) in [4.78, 5) is 37.5. The van der Waals surface area contributed by atoms with Crippen LogP contribution in [0.15, 0.2) is 60.7 Å². The van der Waals surface area contributed by atoms with E-state index in [4.69, 9.17) is 4.74 Å². The lowest BCUT2D eigenvalue weighted by Crippen LogP contribution is -2.37. The number of hydrogen-bond acceptors (Lipinski definition) is 6. The molecule has 3 aromatic rings. The summed E-state index contributed by atoms with van der Waals surface area (Å²) in [5.74, 6) is -1.41. The number of carboxylic acid groups (broad SMARTS) is 1. The molecule has 0 aliphatic rings. The molecule has 0 aliphatic carbocycles. The Labute approximate surface area is 208 Å². The van der Waals surface area contributed by atoms with E-state index in [1.54, 1.807) is 57.2 Å². The van der Waals surface area contributed by atoms with Crippen molar-refractivity contribution in [3.05, 3.63) is 93.0 Å². The van der Waals surface area contributed by atoms with Gasteiger partial charge in [-0.3, -0.25) is 15.0 Å². The predicted octanol–water partition coefficient (Wildman–Crippen LogP) is 6.08. The average molecular weight is 488 g/mol. The largest absolute Gasteiger partial charge is 0.478 e. The number of nitro benzene ring substituents is 1. The minimum atomic E-state index is -1.41. The maximum Gasteiger partial charge on any atom is 0.415 e. The molecule has 0 aromatic heterocycles. The van der Waals surface area contributed by atoms with Crippen LogP contribution in [0.5, 0.6) is 0 Å². The second-order valence-corrected chi connectivity index (χ2v) is 9.11. The number of nitrogens with zero attached hydrogens (tertiary/aromatic N) is 3. The molecule has 0 saturated carbocycles. The zero-order valence-electron chi connectivity index (χ0n) is 20.3. The monoisotopic (exact) mass is 487 g/mol. The lowest BCUT2D eigenvalue weighted by Gasteiger charge is -2.28. The van der Waals surface area contributed by atoms with Gasteiger partial charge in [0.1, 0.15) is 11.3 Å². The smallest absolute Gasteiger partial charge is 0.415 e. The molecule has 0 radical (unpaired) electrons. The molecule has 0 bridgehead atoms. The number of carbonyl (C=O) groups excluding carboxylic acids is 1. The third-order valence-corrected chi connectivity index (χ3v) is 5.30. The molecule has 3 rings (SSSR count). The predicted molar refractivity (Wildman–Crippen MR) is 134 cm³/mol. The Balaban J connectivity index is 2.12. The van der Waals surface area contributed by atoms with Crippen LogP contribution in [0.4, 0.5) is 16.2 Å². The highest BCUT2D eigenvalue weighted by atomic mass is 16.6. The molecule has 9 heteroatoms. The topological polar surface area (TPSA) is 134 Å². The van der Waals surface area contributed by atoms with Gasteiger partial charge in [0.05, 0.1) is 28.7 Å². The number of aryl methyl sites for hydroxylation is 1. The fraction of sp³-hybridized carbons (Fsp3) is 0.222. The highest BCUT2D eigenvalue weighted by Gasteiger charge is 2.34. The first-order valence-electron chi connectivity index (χ1n) is 11.0. The van der Waals surface area contributed by atoms with Gasteiger partial charge in [-0.15, -0.1) is 0 Å². The van der Waals surface area contributed by atoms with E-state index in [1.807, 2.05) is 12.1 Å². The van der Waals surface area contributed by atoms with Crippen molar-refractivity contribution < 1.29 is 24.4 Å². The fourth-order valence-corrected chi connectivity index (χ4v) is 3.71. The van der Waals surface area contributed by atoms with Crippen LogP contribution in [0, 0.1) is 28.4 Å². The number of benzene rings is 3. The Bertz CT molecular complexity index is 1370. The van der Waals surface area contributed by atoms with Crippen molar-refractivity contribution in [2.24, 2.45) is 0 Å². The average Bonchev–Trinajstić information content (AvgIpc) is 2.81. The second-order valence-electron chi connectivity index (χ2n) is 9.11. The number of carboxylic acids is 1. The first-order valence-corrected chi connectivity index (χ1v) is 11.0. The third-order valence-electron chi connectivity index (χ3n) is 5.30. The van der Waals surface area contributed by atoms with Crippen LogP contribution in [0.3, 0.4) is 0 Å². The van der Waals surface area contributed by atoms with Gasteiger partial charge in [-0.1, -0.05) is 48.5 Å². The molecule has 0 atom stereocenters. The van der Waals surface area contributed by atoms with E-state index in [0.29, 0.717) is 11.1 Å². The summed E-state index contributed by atoms with van der Waals surface area (Å²) in [7, 11) is 0. The number of amides is 1. The van der Waals surface area contributed by atoms with Crippen LogP contribution in [-0.2, 0) is 11.3 Å². The van der Waals surface area contributed by atoms with Crippen molar-refractivity contribution >= 4 is 23.4 Å². The van der Waals surface area contributed by atoms with Gasteiger partial charge in [0, 0.05) is 5.56 Å². The molecule has 0 heterocycles. The normalized spacial score (nSPS) is 10.9. The Hall–Kier alpha value is -4.71. The van der Waals surface area contributed by atoms with Gasteiger partial charge in [-0.2, -0.15) is 5.26 Å². The van der Waals surface area contributed by atoms with Gasteiger partial charge < -0.3 is 9.84 Å². The first kappa shape index (κ1) is 25.9. The van der Waals surface area contributed by atoms with Crippen molar-refractivity contribution in [3.8, 4) is 17.2 Å². The minimum absolute atomic E-state index is 0.181. The quantitative estimate of drug-likeness (QED) is 0.329. The van der Waals surface area contributed by atoms with Gasteiger partial charge in [0.25, 0.3) is 5.69 Å². The van der Waals surface area contributed by atoms with E-state index in [0.717, 1.165) is 16.0 Å². The maximum absolute atomic E-state index is 13.2. The number of hydrogen-bond donors (Lipinski definition) is 1. The molecule has 9 nitrogen and oxygen atoms in total. The van der Waals surface area contributed by atoms with Crippen molar-refractivity contribution in [3.63, 3.8) is 0 Å². The Morgan fingerprint density at radius 3 is 2.28 bits per heavy atom. The van der Waals surface area contributed by atoms with Crippen LogP contribution in [0.1, 0.15) is 47.8 Å². The number of rotatable bonds is 6. The van der Waals surface area contributed by atoms with Crippen LogP contribution >= 0.6 is 0 Å². The highest BCUT2D eigenvalue weighted by molar-refractivity contribution is 6.03. The van der Waals surface area contributed by atoms with Gasteiger partial charge in [-0.25, -0.2) is 9.59 Å². The molecule has 0 aliphatic heterocycles. The molecule has 0 saturated heterocycles. The number of carbonyl (C=O) groups is 2. The lowest BCUT2D eigenvalue weighted by molar-refractivity contribution is -0.384. The van der Waals surface area contributed by atoms with E-state index >= 15 is 0 Å². The number of anilines is 1. The van der Waals surface area contributed by atoms with Crippen LogP contribution in [0.2, 0.25) is 0 Å². The van der Waals surface area contributed by atoms with Gasteiger partial charge in [-0.05, 0) is 56.5 Å². The van der Waals surface area contributed by atoms with Gasteiger partial charge in [0.2, 0.25) is 0 Å². The fourth-order valence-electron chi connectivity index (χ4n) is 3.71. The lowest BCUT2D eigenvalue weighted by atomic mass is 9.99. The molecule has 184 valence electrons. The maximum atomic E-state index is 13.2. The van der Waals surface area contributed by atoms with E-state index in [2.05, 4.69) is 6.07 Å². The number of nitriles is 1. The summed E-state index contributed by atoms with van der Waals surface area (Å²) in [5, 5.41) is 31.1. The molecule has 0 fully saturated rings. The molecule has 1 N–H and O–H groups in total. The van der Waals surface area contributed by atoms with Crippen molar-refractivity contribution in [1.82, 2.24) is 0 Å². The number of ether oxygens (including phenoxy) is 1. The molecule has 0 spiro atoms. The highest BCUT2D eigenvalue weighted by Crippen LogP contribution is 2.37. The summed E-state index contributed by atoms with van der Waals surface area (Å²) in [6, 6.07) is 18.8. The Morgan fingerprint density at radius 2 is 1.72 bits per heavy atom. The molecular weight excluding hydrogens is 462 g/mol. The summed E-state index contributed by atoms with van der Waals surface area (Å²) >= 11 is 0. The van der Waals surface area contributed by atoms with Crippen LogP contribution < -0.4 is 4.90 Å². The standard InChI is InChI=1S/C27H25N3O6/c1-17-9-14-22(25(31)32)24(23(17)30(34)35)29(26(33)36-27(2,3)4)16-18-10-12-19(13-11-18)21-8-6-5-7-20(21)15-28/h5-14H,16H2,1-4H3,(H,31,32). The van der Waals surface area contributed by atoms with E-state index in [-0.39, 0.29) is 17.8 Å². The molecule has 36 heavy (non-hydrogen) atoms. The zero-order valence-corrected chi connectivity index (χ0v) is 20.3.